The van der Waals surface area contributed by atoms with Crippen LogP contribution in [-0.4, -0.2) is 31.3 Å². The highest BCUT2D eigenvalue weighted by atomic mass is 32.1. The lowest BCUT2D eigenvalue weighted by atomic mass is 10.1. The summed E-state index contributed by atoms with van der Waals surface area (Å²) in [6.45, 7) is 4.70. The molecule has 0 unspecified atom stereocenters. The summed E-state index contributed by atoms with van der Waals surface area (Å²) < 4.78 is 5.36. The molecule has 2 N–H and O–H groups in total. The quantitative estimate of drug-likeness (QED) is 0.872. The molecule has 0 aliphatic carbocycles. The normalized spacial score (nSPS) is 18.1. The molecule has 0 aromatic carbocycles. The van der Waals surface area contributed by atoms with Crippen molar-refractivity contribution < 1.29 is 4.74 Å². The van der Waals surface area contributed by atoms with E-state index in [2.05, 4.69) is 9.88 Å². The van der Waals surface area contributed by atoms with Gasteiger partial charge in [-0.05, 0) is 19.8 Å². The zero-order valence-electron chi connectivity index (χ0n) is 9.90. The van der Waals surface area contributed by atoms with E-state index in [4.69, 9.17) is 10.5 Å². The number of hydrogen-bond acceptors (Lipinski definition) is 5. The molecule has 0 saturated carbocycles. The summed E-state index contributed by atoms with van der Waals surface area (Å²) in [6, 6.07) is 0. The van der Waals surface area contributed by atoms with Gasteiger partial charge in [-0.2, -0.15) is 0 Å². The maximum Gasteiger partial charge on any atom is 0.185 e. The molecule has 0 radical (unpaired) electrons. The summed E-state index contributed by atoms with van der Waals surface area (Å²) in [6.07, 6.45) is 2.60. The van der Waals surface area contributed by atoms with E-state index in [0.717, 1.165) is 36.8 Å². The largest absolute Gasteiger partial charge is 0.381 e. The summed E-state index contributed by atoms with van der Waals surface area (Å²) >= 11 is 1.72. The molecule has 1 aliphatic rings. The summed E-state index contributed by atoms with van der Waals surface area (Å²) in [4.78, 5) is 8.12. The standard InChI is InChI=1S/C11H19N3OS/c1-8-10(7-12)16-11(13-8)14-5-3-9(15-2)4-6-14/h9H,3-7,12H2,1-2H3. The van der Waals surface area contributed by atoms with Crippen molar-refractivity contribution in [3.63, 3.8) is 0 Å². The maximum absolute atomic E-state index is 5.67. The Kier molecular flexibility index (Phi) is 3.78. The lowest BCUT2D eigenvalue weighted by Gasteiger charge is -2.30. The van der Waals surface area contributed by atoms with Crippen LogP contribution in [0, 0.1) is 6.92 Å². The zero-order valence-corrected chi connectivity index (χ0v) is 10.7. The van der Waals surface area contributed by atoms with Crippen LogP contribution in [0.3, 0.4) is 0 Å². The number of methoxy groups -OCH3 is 1. The third kappa shape index (κ3) is 2.36. The molecule has 0 amide bonds. The molecule has 1 aromatic rings. The fraction of sp³-hybridized carbons (Fsp3) is 0.727. The fourth-order valence-corrected chi connectivity index (χ4v) is 3.01. The van der Waals surface area contributed by atoms with Crippen LogP contribution in [0.5, 0.6) is 0 Å². The highest BCUT2D eigenvalue weighted by Crippen LogP contribution is 2.28. The van der Waals surface area contributed by atoms with Crippen molar-refractivity contribution in [1.82, 2.24) is 4.98 Å². The van der Waals surface area contributed by atoms with Crippen molar-refractivity contribution in [1.29, 1.82) is 0 Å². The Bertz CT molecular complexity index is 345. The fourth-order valence-electron chi connectivity index (χ4n) is 2.02. The number of aromatic nitrogens is 1. The van der Waals surface area contributed by atoms with Gasteiger partial charge in [-0.1, -0.05) is 0 Å². The maximum atomic E-state index is 5.67. The van der Waals surface area contributed by atoms with E-state index in [1.165, 1.54) is 4.88 Å². The molecule has 5 heteroatoms. The highest BCUT2D eigenvalue weighted by molar-refractivity contribution is 7.15. The molecule has 16 heavy (non-hydrogen) atoms. The molecule has 1 aromatic heterocycles. The number of thiazole rings is 1. The average Bonchev–Trinajstić information content (AvgIpc) is 2.71. The predicted octanol–water partition coefficient (Wildman–Crippen LogP) is 1.53. The molecular formula is C11H19N3OS. The summed E-state index contributed by atoms with van der Waals surface area (Å²) in [5, 5.41) is 1.12. The number of hydrogen-bond donors (Lipinski definition) is 1. The van der Waals surface area contributed by atoms with E-state index in [1.54, 1.807) is 18.4 Å². The van der Waals surface area contributed by atoms with Crippen LogP contribution in [-0.2, 0) is 11.3 Å². The Morgan fingerprint density at radius 1 is 1.50 bits per heavy atom. The van der Waals surface area contributed by atoms with Crippen LogP contribution >= 0.6 is 11.3 Å². The van der Waals surface area contributed by atoms with Crippen molar-refractivity contribution >= 4 is 16.5 Å². The molecule has 90 valence electrons. The number of nitrogens with zero attached hydrogens (tertiary/aromatic N) is 2. The van der Waals surface area contributed by atoms with E-state index in [0.29, 0.717) is 12.6 Å². The van der Waals surface area contributed by atoms with E-state index in [9.17, 15) is 0 Å². The first-order valence-corrected chi connectivity index (χ1v) is 6.50. The van der Waals surface area contributed by atoms with Crippen molar-refractivity contribution in [2.75, 3.05) is 25.1 Å². The number of aryl methyl sites for hydroxylation is 1. The van der Waals surface area contributed by atoms with Crippen LogP contribution in [0.4, 0.5) is 5.13 Å². The van der Waals surface area contributed by atoms with Gasteiger partial charge in [0.05, 0.1) is 11.8 Å². The Hall–Kier alpha value is -0.650. The third-order valence-corrected chi connectivity index (χ3v) is 4.35. The van der Waals surface area contributed by atoms with Gasteiger partial charge in [0, 0.05) is 31.6 Å². The predicted molar refractivity (Wildman–Crippen MR) is 67.0 cm³/mol. The summed E-state index contributed by atoms with van der Waals surface area (Å²) in [5.41, 5.74) is 6.75. The molecule has 1 saturated heterocycles. The number of ether oxygens (including phenoxy) is 1. The molecule has 0 spiro atoms. The Balaban J connectivity index is 2.02. The van der Waals surface area contributed by atoms with Gasteiger partial charge in [-0.25, -0.2) is 4.98 Å². The summed E-state index contributed by atoms with van der Waals surface area (Å²) in [7, 11) is 1.79. The van der Waals surface area contributed by atoms with Crippen LogP contribution in [0.15, 0.2) is 0 Å². The second-order valence-electron chi connectivity index (χ2n) is 4.13. The second kappa shape index (κ2) is 5.12. The SMILES string of the molecule is COC1CCN(c2nc(C)c(CN)s2)CC1. The van der Waals surface area contributed by atoms with Crippen molar-refractivity contribution in [3.8, 4) is 0 Å². The molecule has 1 fully saturated rings. The van der Waals surface area contributed by atoms with Gasteiger partial charge in [0.2, 0.25) is 0 Å². The highest BCUT2D eigenvalue weighted by Gasteiger charge is 2.21. The molecule has 4 nitrogen and oxygen atoms in total. The molecular weight excluding hydrogens is 222 g/mol. The lowest BCUT2D eigenvalue weighted by Crippen LogP contribution is -2.36. The van der Waals surface area contributed by atoms with Gasteiger partial charge < -0.3 is 15.4 Å². The monoisotopic (exact) mass is 241 g/mol. The van der Waals surface area contributed by atoms with Gasteiger partial charge in [0.15, 0.2) is 5.13 Å². The lowest BCUT2D eigenvalue weighted by molar-refractivity contribution is 0.0819. The summed E-state index contributed by atoms with van der Waals surface area (Å²) in [5.74, 6) is 0. The van der Waals surface area contributed by atoms with E-state index in [-0.39, 0.29) is 0 Å². The second-order valence-corrected chi connectivity index (χ2v) is 5.19. The van der Waals surface area contributed by atoms with Crippen LogP contribution in [0.2, 0.25) is 0 Å². The van der Waals surface area contributed by atoms with E-state index < -0.39 is 0 Å². The number of piperidine rings is 1. The molecule has 0 bridgehead atoms. The zero-order chi connectivity index (χ0) is 11.5. The Labute approximate surface area is 100 Å². The number of anilines is 1. The molecule has 2 rings (SSSR count). The number of rotatable bonds is 3. The smallest absolute Gasteiger partial charge is 0.185 e. The number of nitrogens with two attached hydrogens (primary N) is 1. The van der Waals surface area contributed by atoms with Gasteiger partial charge in [-0.3, -0.25) is 0 Å². The first kappa shape index (κ1) is 11.8. The van der Waals surface area contributed by atoms with Gasteiger partial charge >= 0.3 is 0 Å². The molecule has 1 aliphatic heterocycles. The topological polar surface area (TPSA) is 51.4 Å². The minimum atomic E-state index is 0.422. The van der Waals surface area contributed by atoms with E-state index >= 15 is 0 Å². The van der Waals surface area contributed by atoms with Gasteiger partial charge in [0.25, 0.3) is 0 Å². The van der Waals surface area contributed by atoms with Crippen molar-refractivity contribution in [2.45, 2.75) is 32.4 Å². The minimum Gasteiger partial charge on any atom is -0.381 e. The van der Waals surface area contributed by atoms with Gasteiger partial charge in [0.1, 0.15) is 0 Å². The molecule has 2 heterocycles. The van der Waals surface area contributed by atoms with Crippen LogP contribution < -0.4 is 10.6 Å². The average molecular weight is 241 g/mol. The van der Waals surface area contributed by atoms with E-state index in [1.807, 2.05) is 6.92 Å². The Morgan fingerprint density at radius 3 is 2.69 bits per heavy atom. The third-order valence-electron chi connectivity index (χ3n) is 3.11. The van der Waals surface area contributed by atoms with Crippen molar-refractivity contribution in [2.24, 2.45) is 5.73 Å². The minimum absolute atomic E-state index is 0.422. The first-order chi connectivity index (χ1) is 7.74. The first-order valence-electron chi connectivity index (χ1n) is 5.68. The van der Waals surface area contributed by atoms with Crippen LogP contribution in [0.1, 0.15) is 23.4 Å². The molecule has 0 atom stereocenters. The Morgan fingerprint density at radius 2 is 2.19 bits per heavy atom. The van der Waals surface area contributed by atoms with Gasteiger partial charge in [-0.15, -0.1) is 11.3 Å². The van der Waals surface area contributed by atoms with Crippen molar-refractivity contribution in [3.05, 3.63) is 10.6 Å². The van der Waals surface area contributed by atoms with Crippen LogP contribution in [0.25, 0.3) is 0 Å².